The lowest BCUT2D eigenvalue weighted by Gasteiger charge is -2.12. The Hall–Kier alpha value is -0.440. The van der Waals surface area contributed by atoms with Gasteiger partial charge in [0.2, 0.25) is 0 Å². The third kappa shape index (κ3) is 5.98. The Morgan fingerprint density at radius 1 is 1.73 bits per heavy atom. The Bertz CT molecular complexity index is 143. The number of carbonyl (C=O) groups is 1. The summed E-state index contributed by atoms with van der Waals surface area (Å²) in [5.41, 5.74) is -0.305. The van der Waals surface area contributed by atoms with Gasteiger partial charge in [-0.25, -0.2) is 4.79 Å². The molecule has 1 atom stereocenters. The van der Waals surface area contributed by atoms with Crippen molar-refractivity contribution in [1.29, 1.82) is 0 Å². The zero-order valence-corrected chi connectivity index (χ0v) is 7.80. The van der Waals surface area contributed by atoms with Gasteiger partial charge in [-0.05, 0) is 12.3 Å². The fourth-order valence-corrected chi connectivity index (χ4v) is 1.16. The van der Waals surface area contributed by atoms with Crippen LogP contribution in [-0.4, -0.2) is 11.4 Å². The predicted molar refractivity (Wildman–Crippen MR) is 48.5 cm³/mol. The van der Waals surface area contributed by atoms with Crippen LogP contribution in [0.3, 0.4) is 0 Å². The highest BCUT2D eigenvalue weighted by atomic mass is 32.1. The number of hydrogen-bond acceptors (Lipinski definition) is 3. The Morgan fingerprint density at radius 2 is 2.27 bits per heavy atom. The van der Waals surface area contributed by atoms with E-state index in [2.05, 4.69) is 19.2 Å². The third-order valence-electron chi connectivity index (χ3n) is 1.09. The second-order valence-corrected chi connectivity index (χ2v) is 3.30. The van der Waals surface area contributed by atoms with Gasteiger partial charge < -0.3 is 4.74 Å². The first kappa shape index (κ1) is 10.6. The summed E-state index contributed by atoms with van der Waals surface area (Å²) >= 11 is 4.07. The van der Waals surface area contributed by atoms with Crippen LogP contribution in [-0.2, 0) is 9.53 Å². The molecule has 0 aromatic heterocycles. The van der Waals surface area contributed by atoms with E-state index < -0.39 is 5.97 Å². The molecule has 0 amide bonds. The van der Waals surface area contributed by atoms with Gasteiger partial charge >= 0.3 is 5.97 Å². The van der Waals surface area contributed by atoms with Crippen molar-refractivity contribution < 1.29 is 9.53 Å². The van der Waals surface area contributed by atoms with Gasteiger partial charge in [-0.1, -0.05) is 20.4 Å². The van der Waals surface area contributed by atoms with Crippen LogP contribution in [0.1, 0.15) is 20.3 Å². The quantitative estimate of drug-likeness (QED) is 0.305. The summed E-state index contributed by atoms with van der Waals surface area (Å²) in [6.45, 7) is 7.38. The first-order valence-corrected chi connectivity index (χ1v) is 4.09. The van der Waals surface area contributed by atoms with Gasteiger partial charge in [-0.3, -0.25) is 0 Å². The number of ether oxygens (including phenoxy) is 1. The van der Waals surface area contributed by atoms with Gasteiger partial charge in [0.1, 0.15) is 5.44 Å². The Kier molecular flexibility index (Phi) is 5.03. The lowest BCUT2D eigenvalue weighted by molar-refractivity contribution is -0.139. The molecule has 0 fully saturated rings. The topological polar surface area (TPSA) is 26.3 Å². The maximum atomic E-state index is 10.6. The average molecular weight is 174 g/mol. The molecule has 0 saturated heterocycles. The SMILES string of the molecule is C=CC(=O)OC(S)CC(C)C. The fraction of sp³-hybridized carbons (Fsp3) is 0.625. The van der Waals surface area contributed by atoms with Crippen molar-refractivity contribution in [2.45, 2.75) is 25.7 Å². The van der Waals surface area contributed by atoms with E-state index in [4.69, 9.17) is 4.74 Å². The zero-order chi connectivity index (χ0) is 8.85. The van der Waals surface area contributed by atoms with E-state index in [1.807, 2.05) is 13.8 Å². The second kappa shape index (κ2) is 5.24. The smallest absolute Gasteiger partial charge is 0.331 e. The van der Waals surface area contributed by atoms with Gasteiger partial charge in [0.25, 0.3) is 0 Å². The molecule has 0 heterocycles. The number of thiol groups is 1. The molecular formula is C8H14O2S. The van der Waals surface area contributed by atoms with Crippen LogP contribution in [0.25, 0.3) is 0 Å². The van der Waals surface area contributed by atoms with Crippen LogP contribution >= 0.6 is 12.6 Å². The van der Waals surface area contributed by atoms with Crippen molar-refractivity contribution in [3.8, 4) is 0 Å². The van der Waals surface area contributed by atoms with Crippen LogP contribution in [0, 0.1) is 5.92 Å². The molecule has 0 saturated carbocycles. The van der Waals surface area contributed by atoms with E-state index in [9.17, 15) is 4.79 Å². The van der Waals surface area contributed by atoms with Gasteiger partial charge in [-0.2, -0.15) is 0 Å². The molecule has 0 radical (unpaired) electrons. The molecular weight excluding hydrogens is 160 g/mol. The number of carbonyl (C=O) groups excluding carboxylic acids is 1. The second-order valence-electron chi connectivity index (χ2n) is 2.73. The normalized spacial score (nSPS) is 12.7. The highest BCUT2D eigenvalue weighted by Crippen LogP contribution is 2.11. The van der Waals surface area contributed by atoms with Gasteiger partial charge in [-0.15, -0.1) is 12.6 Å². The molecule has 0 spiro atoms. The predicted octanol–water partition coefficient (Wildman–Crippen LogP) is 2.02. The maximum absolute atomic E-state index is 10.6. The molecule has 11 heavy (non-hydrogen) atoms. The lowest BCUT2D eigenvalue weighted by Crippen LogP contribution is -2.12. The minimum Gasteiger partial charge on any atom is -0.448 e. The molecule has 2 nitrogen and oxygen atoms in total. The van der Waals surface area contributed by atoms with Crippen molar-refractivity contribution in [2.24, 2.45) is 5.92 Å². The van der Waals surface area contributed by atoms with E-state index in [0.717, 1.165) is 12.5 Å². The lowest BCUT2D eigenvalue weighted by atomic mass is 10.1. The van der Waals surface area contributed by atoms with Crippen LogP contribution in [0.4, 0.5) is 0 Å². The van der Waals surface area contributed by atoms with E-state index in [-0.39, 0.29) is 5.44 Å². The molecule has 0 aliphatic rings. The fourth-order valence-electron chi connectivity index (χ4n) is 0.634. The van der Waals surface area contributed by atoms with Crippen molar-refractivity contribution in [3.63, 3.8) is 0 Å². The van der Waals surface area contributed by atoms with E-state index in [0.29, 0.717) is 5.92 Å². The Balaban J connectivity index is 3.59. The molecule has 0 rings (SSSR count). The molecule has 0 aliphatic carbocycles. The molecule has 0 N–H and O–H groups in total. The van der Waals surface area contributed by atoms with Crippen molar-refractivity contribution in [1.82, 2.24) is 0 Å². The summed E-state index contributed by atoms with van der Waals surface area (Å²) in [5, 5.41) is 0. The number of esters is 1. The van der Waals surface area contributed by atoms with E-state index in [1.165, 1.54) is 0 Å². The molecule has 0 aromatic carbocycles. The average Bonchev–Trinajstić information content (AvgIpc) is 1.85. The first-order chi connectivity index (χ1) is 5.06. The van der Waals surface area contributed by atoms with E-state index in [1.54, 1.807) is 0 Å². The monoisotopic (exact) mass is 174 g/mol. The summed E-state index contributed by atoms with van der Waals surface area (Å²) in [7, 11) is 0. The van der Waals surface area contributed by atoms with E-state index >= 15 is 0 Å². The van der Waals surface area contributed by atoms with Crippen molar-refractivity contribution in [3.05, 3.63) is 12.7 Å². The van der Waals surface area contributed by atoms with Crippen LogP contribution < -0.4 is 0 Å². The summed E-state index contributed by atoms with van der Waals surface area (Å²) in [6, 6.07) is 0. The largest absolute Gasteiger partial charge is 0.448 e. The van der Waals surface area contributed by atoms with Crippen LogP contribution in [0.5, 0.6) is 0 Å². The maximum Gasteiger partial charge on any atom is 0.331 e. The standard InChI is InChI=1S/C8H14O2S/c1-4-7(9)10-8(11)5-6(2)3/h4,6,8,11H,1,5H2,2-3H3. The highest BCUT2D eigenvalue weighted by molar-refractivity contribution is 7.80. The van der Waals surface area contributed by atoms with Crippen LogP contribution in [0.2, 0.25) is 0 Å². The third-order valence-corrected chi connectivity index (χ3v) is 1.41. The summed E-state index contributed by atoms with van der Waals surface area (Å²) in [4.78, 5) is 10.6. The van der Waals surface area contributed by atoms with Gasteiger partial charge in [0.05, 0.1) is 0 Å². The molecule has 0 bridgehead atoms. The molecule has 1 unspecified atom stereocenters. The van der Waals surface area contributed by atoms with Crippen molar-refractivity contribution >= 4 is 18.6 Å². The molecule has 64 valence electrons. The van der Waals surface area contributed by atoms with Gasteiger partial charge in [0, 0.05) is 6.08 Å². The summed E-state index contributed by atoms with van der Waals surface area (Å²) in [5.74, 6) is 0.0702. The first-order valence-electron chi connectivity index (χ1n) is 3.57. The van der Waals surface area contributed by atoms with Crippen molar-refractivity contribution in [2.75, 3.05) is 0 Å². The van der Waals surface area contributed by atoms with Gasteiger partial charge in [0.15, 0.2) is 0 Å². The number of hydrogen-bond donors (Lipinski definition) is 1. The Labute approximate surface area is 73.0 Å². The Morgan fingerprint density at radius 3 is 2.64 bits per heavy atom. The minimum atomic E-state index is -0.411. The molecule has 0 aliphatic heterocycles. The van der Waals surface area contributed by atoms with Crippen LogP contribution in [0.15, 0.2) is 12.7 Å². The highest BCUT2D eigenvalue weighted by Gasteiger charge is 2.08. The number of rotatable bonds is 4. The molecule has 3 heteroatoms. The minimum absolute atomic E-state index is 0.305. The summed E-state index contributed by atoms with van der Waals surface area (Å²) < 4.78 is 4.82. The molecule has 0 aromatic rings. The summed E-state index contributed by atoms with van der Waals surface area (Å²) in [6.07, 6.45) is 1.91. The zero-order valence-electron chi connectivity index (χ0n) is 6.91.